The van der Waals surface area contributed by atoms with E-state index in [2.05, 4.69) is 10.3 Å². The third kappa shape index (κ3) is 2.30. The first-order valence-electron chi connectivity index (χ1n) is 5.15. The first-order chi connectivity index (χ1) is 7.51. The van der Waals surface area contributed by atoms with Crippen molar-refractivity contribution in [3.63, 3.8) is 0 Å². The van der Waals surface area contributed by atoms with Gasteiger partial charge in [-0.05, 0) is 16.3 Å². The van der Waals surface area contributed by atoms with Crippen LogP contribution in [0.1, 0.15) is 19.2 Å². The number of imidazole rings is 1. The molecule has 7 heteroatoms. The van der Waals surface area contributed by atoms with Crippen molar-refractivity contribution in [3.05, 3.63) is 15.9 Å². The number of hydrogen-bond donors (Lipinski definition) is 2. The summed E-state index contributed by atoms with van der Waals surface area (Å²) in [6.07, 6.45) is 0.803. The zero-order valence-corrected chi connectivity index (χ0v) is 9.73. The Morgan fingerprint density at radius 1 is 1.69 bits per heavy atom. The Labute approximate surface area is 93.8 Å². The van der Waals surface area contributed by atoms with Gasteiger partial charge in [0.15, 0.2) is 0 Å². The molecule has 0 fully saturated rings. The molecule has 90 valence electrons. The van der Waals surface area contributed by atoms with Crippen LogP contribution in [0.15, 0.2) is 0 Å². The summed E-state index contributed by atoms with van der Waals surface area (Å²) in [5.41, 5.74) is 5.55. The number of nitrogens with zero attached hydrogens (tertiary/aromatic N) is 3. The molecule has 0 aliphatic carbocycles. The quantitative estimate of drug-likeness (QED) is 0.572. The number of hydrogen-bond acceptors (Lipinski definition) is 5. The molecular weight excluding hydrogens is 210 g/mol. The molecule has 7 nitrogen and oxygen atoms in total. The summed E-state index contributed by atoms with van der Waals surface area (Å²) in [7, 11) is 1.74. The highest BCUT2D eigenvalue weighted by atomic mass is 16.6. The molecule has 0 saturated heterocycles. The maximum Gasteiger partial charge on any atom is 0.406 e. The summed E-state index contributed by atoms with van der Waals surface area (Å²) >= 11 is 0. The molecule has 1 heterocycles. The van der Waals surface area contributed by atoms with E-state index in [1.165, 1.54) is 0 Å². The van der Waals surface area contributed by atoms with Gasteiger partial charge in [0.05, 0.1) is 0 Å². The number of anilines is 1. The zero-order valence-electron chi connectivity index (χ0n) is 9.73. The van der Waals surface area contributed by atoms with Gasteiger partial charge in [-0.1, -0.05) is 6.92 Å². The lowest BCUT2D eigenvalue weighted by Gasteiger charge is -2.15. The largest absolute Gasteiger partial charge is 0.406 e. The second-order valence-electron chi connectivity index (χ2n) is 3.63. The Bertz CT molecular complexity index is 383. The molecule has 0 bridgehead atoms. The maximum absolute atomic E-state index is 10.8. The number of aromatic nitrogens is 2. The van der Waals surface area contributed by atoms with Crippen LogP contribution >= 0.6 is 0 Å². The van der Waals surface area contributed by atoms with Gasteiger partial charge in [0.25, 0.3) is 0 Å². The Balaban J connectivity index is 3.05. The van der Waals surface area contributed by atoms with Crippen LogP contribution in [0.25, 0.3) is 0 Å². The van der Waals surface area contributed by atoms with E-state index in [0.29, 0.717) is 18.2 Å². The van der Waals surface area contributed by atoms with Crippen molar-refractivity contribution < 1.29 is 4.92 Å². The van der Waals surface area contributed by atoms with Crippen molar-refractivity contribution >= 4 is 11.6 Å². The molecule has 0 spiro atoms. The van der Waals surface area contributed by atoms with E-state index in [1.807, 2.05) is 6.92 Å². The van der Waals surface area contributed by atoms with E-state index in [0.717, 1.165) is 6.42 Å². The van der Waals surface area contributed by atoms with Gasteiger partial charge in [0.2, 0.25) is 11.6 Å². The average Bonchev–Trinajstić information content (AvgIpc) is 2.53. The molecule has 1 aromatic rings. The van der Waals surface area contributed by atoms with Crippen LogP contribution in [0, 0.1) is 17.0 Å². The van der Waals surface area contributed by atoms with Crippen LogP contribution in [0.2, 0.25) is 0 Å². The molecule has 1 aromatic heterocycles. The predicted molar refractivity (Wildman–Crippen MR) is 61.4 cm³/mol. The van der Waals surface area contributed by atoms with E-state index in [4.69, 9.17) is 5.73 Å². The highest BCUT2D eigenvalue weighted by molar-refractivity contribution is 5.54. The standard InChI is InChI=1S/C9H17N5O2/c1-4-7(5-10)12-8-9(14(15)16)11-6(2)13(8)3/h7,12H,4-5,10H2,1-3H3. The van der Waals surface area contributed by atoms with Crippen molar-refractivity contribution in [1.29, 1.82) is 0 Å². The first kappa shape index (κ1) is 12.4. The van der Waals surface area contributed by atoms with Gasteiger partial charge in [-0.25, -0.2) is 0 Å². The fraction of sp³-hybridized carbons (Fsp3) is 0.667. The van der Waals surface area contributed by atoms with Crippen molar-refractivity contribution in [2.24, 2.45) is 12.8 Å². The van der Waals surface area contributed by atoms with Gasteiger partial charge in [-0.15, -0.1) is 0 Å². The van der Waals surface area contributed by atoms with E-state index < -0.39 is 4.92 Å². The van der Waals surface area contributed by atoms with E-state index in [-0.39, 0.29) is 11.9 Å². The number of aryl methyl sites for hydroxylation is 1. The molecule has 0 aliphatic heterocycles. The molecule has 3 N–H and O–H groups in total. The summed E-state index contributed by atoms with van der Waals surface area (Å²) in [4.78, 5) is 14.2. The van der Waals surface area contributed by atoms with Gasteiger partial charge in [0.1, 0.15) is 0 Å². The molecule has 0 aliphatic rings. The Kier molecular flexibility index (Phi) is 3.83. The van der Waals surface area contributed by atoms with Crippen LogP contribution < -0.4 is 11.1 Å². The second kappa shape index (κ2) is 4.93. The minimum atomic E-state index is -0.488. The molecule has 0 aromatic carbocycles. The number of nitrogens with one attached hydrogen (secondary N) is 1. The maximum atomic E-state index is 10.8. The van der Waals surface area contributed by atoms with E-state index >= 15 is 0 Å². The molecule has 1 rings (SSSR count). The summed E-state index contributed by atoms with van der Waals surface area (Å²) in [5.74, 6) is 0.868. The summed E-state index contributed by atoms with van der Waals surface area (Å²) < 4.78 is 1.66. The fourth-order valence-electron chi connectivity index (χ4n) is 1.40. The van der Waals surface area contributed by atoms with Gasteiger partial charge in [-0.2, -0.15) is 0 Å². The van der Waals surface area contributed by atoms with Crippen LogP contribution in [0.3, 0.4) is 0 Å². The molecule has 0 radical (unpaired) electrons. The lowest BCUT2D eigenvalue weighted by Crippen LogP contribution is -2.29. The average molecular weight is 227 g/mol. The summed E-state index contributed by atoms with van der Waals surface area (Å²) in [6.45, 7) is 4.12. The van der Waals surface area contributed by atoms with Crippen LogP contribution in [0.4, 0.5) is 11.6 Å². The van der Waals surface area contributed by atoms with E-state index in [9.17, 15) is 10.1 Å². The Hall–Kier alpha value is -1.63. The molecule has 1 atom stereocenters. The topological polar surface area (TPSA) is 99.0 Å². The monoisotopic (exact) mass is 227 g/mol. The molecular formula is C9H17N5O2. The van der Waals surface area contributed by atoms with Crippen molar-refractivity contribution in [3.8, 4) is 0 Å². The van der Waals surface area contributed by atoms with Crippen LogP contribution in [0.5, 0.6) is 0 Å². The smallest absolute Gasteiger partial charge is 0.360 e. The van der Waals surface area contributed by atoms with Crippen molar-refractivity contribution in [2.45, 2.75) is 26.3 Å². The van der Waals surface area contributed by atoms with Gasteiger partial charge < -0.3 is 21.2 Å². The fourth-order valence-corrected chi connectivity index (χ4v) is 1.40. The zero-order chi connectivity index (χ0) is 12.3. The molecule has 16 heavy (non-hydrogen) atoms. The van der Waals surface area contributed by atoms with E-state index in [1.54, 1.807) is 18.5 Å². The summed E-state index contributed by atoms with van der Waals surface area (Å²) in [6, 6.07) is 0.0218. The Morgan fingerprint density at radius 2 is 2.31 bits per heavy atom. The lowest BCUT2D eigenvalue weighted by atomic mass is 10.2. The van der Waals surface area contributed by atoms with Crippen molar-refractivity contribution in [2.75, 3.05) is 11.9 Å². The minimum absolute atomic E-state index is 0.0218. The first-order valence-corrected chi connectivity index (χ1v) is 5.15. The molecule has 1 unspecified atom stereocenters. The SMILES string of the molecule is CCC(CN)Nc1c([N+](=O)[O-])nc(C)n1C. The number of nitro groups is 1. The van der Waals surface area contributed by atoms with Gasteiger partial charge in [0, 0.05) is 26.6 Å². The lowest BCUT2D eigenvalue weighted by molar-refractivity contribution is -0.388. The second-order valence-corrected chi connectivity index (χ2v) is 3.63. The normalized spacial score (nSPS) is 12.5. The summed E-state index contributed by atoms with van der Waals surface area (Å²) in [5, 5.41) is 13.9. The highest BCUT2D eigenvalue weighted by Gasteiger charge is 2.24. The van der Waals surface area contributed by atoms with Crippen LogP contribution in [-0.4, -0.2) is 27.1 Å². The third-order valence-corrected chi connectivity index (χ3v) is 2.59. The van der Waals surface area contributed by atoms with Crippen LogP contribution in [-0.2, 0) is 7.05 Å². The number of nitrogens with two attached hydrogens (primary N) is 1. The number of rotatable bonds is 5. The molecule has 0 amide bonds. The van der Waals surface area contributed by atoms with Crippen molar-refractivity contribution in [1.82, 2.24) is 9.55 Å². The minimum Gasteiger partial charge on any atom is -0.360 e. The van der Waals surface area contributed by atoms with Gasteiger partial charge in [-0.3, -0.25) is 4.57 Å². The molecule has 0 saturated carbocycles. The third-order valence-electron chi connectivity index (χ3n) is 2.59. The predicted octanol–water partition coefficient (Wildman–Crippen LogP) is 0.786. The van der Waals surface area contributed by atoms with Gasteiger partial charge >= 0.3 is 5.82 Å². The Morgan fingerprint density at radius 3 is 2.75 bits per heavy atom. The highest BCUT2D eigenvalue weighted by Crippen LogP contribution is 2.24.